The van der Waals surface area contributed by atoms with Crippen LogP contribution in [0.4, 0.5) is 0 Å². The van der Waals surface area contributed by atoms with Crippen molar-refractivity contribution in [1.82, 2.24) is 0 Å². The van der Waals surface area contributed by atoms with Crippen LogP contribution in [0.1, 0.15) is 53.9 Å². The van der Waals surface area contributed by atoms with Crippen LogP contribution in [0.15, 0.2) is 24.8 Å². The van der Waals surface area contributed by atoms with Gasteiger partial charge in [0, 0.05) is 35.7 Å². The zero-order chi connectivity index (χ0) is 22.3. The Morgan fingerprint density at radius 1 is 0.966 bits per heavy atom. The summed E-state index contributed by atoms with van der Waals surface area (Å²) in [6.45, 7) is 17.2. The maximum Gasteiger partial charge on any atom is 0.333 e. The highest BCUT2D eigenvalue weighted by Crippen LogP contribution is 2.42. The first-order valence-corrected chi connectivity index (χ1v) is 11.1. The zero-order valence-electron chi connectivity index (χ0n) is 18.1. The molecule has 0 saturated carbocycles. The molecule has 0 aromatic rings. The monoisotopic (exact) mass is 450 g/mol. The van der Waals surface area contributed by atoms with Crippen molar-refractivity contribution in [3.05, 3.63) is 24.8 Å². The molecule has 0 amide bonds. The van der Waals surface area contributed by atoms with Gasteiger partial charge in [-0.25, -0.2) is 9.59 Å². The molecule has 7 nitrogen and oxygen atoms in total. The smallest absolute Gasteiger partial charge is 0.333 e. The molecule has 0 saturated heterocycles. The summed E-state index contributed by atoms with van der Waals surface area (Å²) in [5.41, 5.74) is 0.355. The molecule has 1 unspecified atom stereocenters. The molecule has 0 heterocycles. The van der Waals surface area contributed by atoms with Crippen LogP contribution in [0, 0.1) is 0 Å². The molecule has 29 heavy (non-hydrogen) atoms. The Labute approximate surface area is 183 Å². The van der Waals surface area contributed by atoms with E-state index in [1.807, 2.05) is 27.7 Å². The Bertz CT molecular complexity index is 535. The first-order chi connectivity index (χ1) is 13.7. The van der Waals surface area contributed by atoms with Gasteiger partial charge in [-0.15, -0.1) is 0 Å². The van der Waals surface area contributed by atoms with Crippen molar-refractivity contribution < 1.29 is 32.2 Å². The molecule has 0 fully saturated rings. The van der Waals surface area contributed by atoms with Crippen molar-refractivity contribution >= 4 is 36.0 Å². The summed E-state index contributed by atoms with van der Waals surface area (Å²) in [5, 5.41) is 0. The number of carbonyl (C=O) groups excluding carboxylic acids is 2. The van der Waals surface area contributed by atoms with Crippen molar-refractivity contribution in [3.63, 3.8) is 0 Å². The topological polar surface area (TPSA) is 80.3 Å². The van der Waals surface area contributed by atoms with Crippen molar-refractivity contribution in [2.75, 3.05) is 26.4 Å². The van der Waals surface area contributed by atoms with Crippen molar-refractivity contribution in [1.29, 1.82) is 0 Å². The molecule has 0 aromatic heterocycles. The third kappa shape index (κ3) is 11.7. The molecule has 9 heteroatoms. The number of rotatable bonds is 17. The largest absolute Gasteiger partial charge is 0.460 e. The lowest BCUT2D eigenvalue weighted by atomic mass is 10.2. The van der Waals surface area contributed by atoms with Gasteiger partial charge in [0.25, 0.3) is 0 Å². The van der Waals surface area contributed by atoms with Crippen LogP contribution in [0.25, 0.3) is 0 Å². The minimum Gasteiger partial charge on any atom is -0.460 e. The number of hydrogen-bond acceptors (Lipinski definition) is 9. The summed E-state index contributed by atoms with van der Waals surface area (Å²) in [5.74, 6) is -0.911. The van der Waals surface area contributed by atoms with E-state index >= 15 is 0 Å². The maximum absolute atomic E-state index is 11.4. The van der Waals surface area contributed by atoms with Gasteiger partial charge in [-0.3, -0.25) is 4.18 Å². The predicted molar refractivity (Wildman–Crippen MR) is 117 cm³/mol. The van der Waals surface area contributed by atoms with Crippen LogP contribution in [0.3, 0.4) is 0 Å². The van der Waals surface area contributed by atoms with Gasteiger partial charge in [0.15, 0.2) is 4.93 Å². The summed E-state index contributed by atoms with van der Waals surface area (Å²) < 4.78 is 27.5. The van der Waals surface area contributed by atoms with E-state index in [4.69, 9.17) is 22.6 Å². The van der Waals surface area contributed by atoms with E-state index in [1.54, 1.807) is 6.92 Å². The normalized spacial score (nSPS) is 13.4. The average Bonchev–Trinajstić information content (AvgIpc) is 2.72. The van der Waals surface area contributed by atoms with Crippen LogP contribution in [-0.2, 0) is 32.2 Å². The van der Waals surface area contributed by atoms with Gasteiger partial charge in [0.1, 0.15) is 18.1 Å². The Kier molecular flexibility index (Phi) is 14.4. The summed E-state index contributed by atoms with van der Waals surface area (Å²) in [6.07, 6.45) is 3.23. The molecule has 168 valence electrons. The zero-order valence-corrected chi connectivity index (χ0v) is 19.7. The highest BCUT2D eigenvalue weighted by molar-refractivity contribution is 7.98. The minimum absolute atomic E-state index is 0.146. The second kappa shape index (κ2) is 14.9. The first-order valence-electron chi connectivity index (χ1n) is 9.60. The Morgan fingerprint density at radius 3 is 2.10 bits per heavy atom. The fourth-order valence-corrected chi connectivity index (χ4v) is 3.38. The molecule has 0 bridgehead atoms. The minimum atomic E-state index is -0.606. The Hall–Kier alpha value is -1.00. The first kappa shape index (κ1) is 28.0. The van der Waals surface area contributed by atoms with Gasteiger partial charge in [0.05, 0.1) is 13.2 Å². The van der Waals surface area contributed by atoms with E-state index in [9.17, 15) is 9.59 Å². The summed E-state index contributed by atoms with van der Waals surface area (Å²) in [7, 11) is 0. The third-order valence-corrected chi connectivity index (χ3v) is 6.47. The molecule has 0 rings (SSSR count). The number of esters is 2. The lowest BCUT2D eigenvalue weighted by molar-refractivity contribution is -0.141. The fourth-order valence-electron chi connectivity index (χ4n) is 1.75. The van der Waals surface area contributed by atoms with Gasteiger partial charge < -0.3 is 18.4 Å². The van der Waals surface area contributed by atoms with E-state index in [1.165, 1.54) is 24.1 Å². The average molecular weight is 451 g/mol. The van der Waals surface area contributed by atoms with Gasteiger partial charge in [-0.05, 0) is 33.1 Å². The van der Waals surface area contributed by atoms with E-state index in [0.29, 0.717) is 24.8 Å². The molecule has 0 aliphatic rings. The van der Waals surface area contributed by atoms with Crippen molar-refractivity contribution in [2.24, 2.45) is 0 Å². The van der Waals surface area contributed by atoms with Gasteiger partial charge in [-0.1, -0.05) is 33.9 Å². The van der Waals surface area contributed by atoms with E-state index < -0.39 is 21.8 Å². The number of hydrogen-bond donors (Lipinski definition) is 0. The molecule has 0 spiro atoms. The SMILES string of the molecule is C=CC(=O)OCCOSC(CC)(CC)OSC(C)(CC)OCCOC(=O)C(=C)C. The van der Waals surface area contributed by atoms with Crippen LogP contribution in [0.5, 0.6) is 0 Å². The molecule has 0 aromatic carbocycles. The summed E-state index contributed by atoms with van der Waals surface area (Å²) in [4.78, 5) is 21.3. The molecule has 0 aliphatic heterocycles. The second-order valence-corrected chi connectivity index (χ2v) is 8.66. The third-order valence-electron chi connectivity index (χ3n) is 3.95. The van der Waals surface area contributed by atoms with Crippen molar-refractivity contribution in [3.8, 4) is 0 Å². The van der Waals surface area contributed by atoms with Crippen LogP contribution < -0.4 is 0 Å². The van der Waals surface area contributed by atoms with Crippen LogP contribution >= 0.6 is 24.1 Å². The highest BCUT2D eigenvalue weighted by atomic mass is 32.2. The van der Waals surface area contributed by atoms with E-state index in [-0.39, 0.29) is 26.4 Å². The van der Waals surface area contributed by atoms with E-state index in [0.717, 1.165) is 6.08 Å². The molecular formula is C20H34O7S2. The molecule has 0 radical (unpaired) electrons. The lowest BCUT2D eigenvalue weighted by Crippen LogP contribution is -2.31. The second-order valence-electron chi connectivity index (χ2n) is 6.31. The molecular weight excluding hydrogens is 416 g/mol. The standard InChI is InChI=1S/C20H34O7S2/c1-8-17(21)23-13-15-26-29-20(10-3,11-4)27-28-19(7,9-2)25-14-12-24-18(22)16(5)6/h8H,1,5,9-15H2,2-4,6-7H3. The number of ether oxygens (including phenoxy) is 3. The predicted octanol–water partition coefficient (Wildman–Crippen LogP) is 4.82. The van der Waals surface area contributed by atoms with Gasteiger partial charge >= 0.3 is 11.9 Å². The fraction of sp³-hybridized carbons (Fsp3) is 0.700. The van der Waals surface area contributed by atoms with Gasteiger partial charge in [-0.2, -0.15) is 0 Å². The Balaban J connectivity index is 4.51. The molecule has 0 aliphatic carbocycles. The van der Waals surface area contributed by atoms with Gasteiger partial charge in [0.2, 0.25) is 0 Å². The quantitative estimate of drug-likeness (QED) is 0.102. The molecule has 1 atom stereocenters. The summed E-state index contributed by atoms with van der Waals surface area (Å²) in [6, 6.07) is 0. The lowest BCUT2D eigenvalue weighted by Gasteiger charge is -2.34. The molecule has 0 N–H and O–H groups in total. The summed E-state index contributed by atoms with van der Waals surface area (Å²) >= 11 is 2.46. The maximum atomic E-state index is 11.4. The van der Waals surface area contributed by atoms with Crippen molar-refractivity contribution in [2.45, 2.75) is 63.7 Å². The number of carbonyl (C=O) groups is 2. The Morgan fingerprint density at radius 2 is 1.59 bits per heavy atom. The van der Waals surface area contributed by atoms with Crippen LogP contribution in [0.2, 0.25) is 0 Å². The van der Waals surface area contributed by atoms with Crippen LogP contribution in [-0.4, -0.2) is 48.2 Å². The highest BCUT2D eigenvalue weighted by Gasteiger charge is 2.35. The van der Waals surface area contributed by atoms with E-state index in [2.05, 4.69) is 13.2 Å².